The van der Waals surface area contributed by atoms with E-state index < -0.39 is 99.5 Å². The van der Waals surface area contributed by atoms with Crippen LogP contribution >= 0.6 is 0 Å². The molecule has 0 saturated carbocycles. The molecule has 2 saturated heterocycles. The molecule has 3 aromatic carbocycles. The zero-order valence-electron chi connectivity index (χ0n) is 37.0. The van der Waals surface area contributed by atoms with Gasteiger partial charge in [-0.3, -0.25) is 19.2 Å². The van der Waals surface area contributed by atoms with Crippen molar-refractivity contribution in [2.75, 3.05) is 20.3 Å². The Hall–Kier alpha value is -4.96. The van der Waals surface area contributed by atoms with E-state index in [0.29, 0.717) is 0 Å². The van der Waals surface area contributed by atoms with Crippen molar-refractivity contribution < 1.29 is 71.3 Å². The second-order valence-corrected chi connectivity index (χ2v) is 20.9. The molecule has 0 radical (unpaired) electrons. The Balaban J connectivity index is 1.74. The molecule has 10 atom stereocenters. The van der Waals surface area contributed by atoms with Crippen LogP contribution in [0.15, 0.2) is 91.0 Å². The Labute approximate surface area is 369 Å². The van der Waals surface area contributed by atoms with Gasteiger partial charge in [-0.05, 0) is 16.7 Å². The molecule has 0 N–H and O–H groups in total. The fraction of sp³-hybridized carbons (Fsp3) is 0.489. The van der Waals surface area contributed by atoms with E-state index in [4.69, 9.17) is 52.1 Å². The molecule has 2 aliphatic rings. The summed E-state index contributed by atoms with van der Waals surface area (Å²) in [5.74, 6) is 0.389. The number of carbonyl (C=O) groups is 4. The Kier molecular flexibility index (Phi) is 18.0. The molecular formula is C47H58O15Si. The highest BCUT2D eigenvalue weighted by atomic mass is 28.3. The normalized spacial score (nSPS) is 27.0. The quantitative estimate of drug-likeness (QED) is 0.0682. The van der Waals surface area contributed by atoms with Gasteiger partial charge in [-0.25, -0.2) is 0 Å². The zero-order chi connectivity index (χ0) is 45.6. The molecule has 16 heteroatoms. The van der Waals surface area contributed by atoms with Crippen molar-refractivity contribution in [2.45, 2.75) is 128 Å². The lowest BCUT2D eigenvalue weighted by atomic mass is 9.83. The SMILES string of the molecule is CO[C@H]1OC(COCc2ccccc2)[C@](C#C[Si](C)(C)C)(O[C@@H]2OC(COC(C)=O)[C@@H](OC(C)=O)C(OC(C)=O)C2OC(C)=O)C(OCc2ccccc2)C1OCc1ccccc1. The van der Waals surface area contributed by atoms with E-state index in [-0.39, 0.29) is 26.4 Å². The van der Waals surface area contributed by atoms with Gasteiger partial charge in [0.05, 0.1) is 26.4 Å². The predicted octanol–water partition coefficient (Wildman–Crippen LogP) is 5.46. The van der Waals surface area contributed by atoms with Crippen LogP contribution < -0.4 is 0 Å². The van der Waals surface area contributed by atoms with Gasteiger partial charge in [-0.15, -0.1) is 5.54 Å². The minimum atomic E-state index is -2.32. The number of benzene rings is 3. The average molecular weight is 891 g/mol. The highest BCUT2D eigenvalue weighted by Crippen LogP contribution is 2.42. The van der Waals surface area contributed by atoms with E-state index in [2.05, 4.69) is 11.5 Å². The summed E-state index contributed by atoms with van der Waals surface area (Å²) in [6, 6.07) is 28.5. The van der Waals surface area contributed by atoms with Crippen molar-refractivity contribution in [3.8, 4) is 11.5 Å². The maximum atomic E-state index is 13.0. The first kappa shape index (κ1) is 49.1. The monoisotopic (exact) mass is 890 g/mol. The van der Waals surface area contributed by atoms with E-state index in [1.54, 1.807) is 0 Å². The van der Waals surface area contributed by atoms with Crippen molar-refractivity contribution in [3.63, 3.8) is 0 Å². The smallest absolute Gasteiger partial charge is 0.303 e. The molecule has 3 aromatic rings. The molecule has 63 heavy (non-hydrogen) atoms. The molecule has 0 spiro atoms. The average Bonchev–Trinajstić information content (AvgIpc) is 3.24. The maximum absolute atomic E-state index is 13.0. The lowest BCUT2D eigenvalue weighted by Gasteiger charge is -2.53. The summed E-state index contributed by atoms with van der Waals surface area (Å²) >= 11 is 0. The molecular weight excluding hydrogens is 833 g/mol. The Morgan fingerprint density at radius 3 is 1.62 bits per heavy atom. The molecule has 340 valence electrons. The van der Waals surface area contributed by atoms with Crippen molar-refractivity contribution in [3.05, 3.63) is 108 Å². The van der Waals surface area contributed by atoms with E-state index in [1.807, 2.05) is 111 Å². The van der Waals surface area contributed by atoms with E-state index in [9.17, 15) is 19.2 Å². The van der Waals surface area contributed by atoms with Gasteiger partial charge in [0.25, 0.3) is 0 Å². The Morgan fingerprint density at radius 1 is 0.603 bits per heavy atom. The van der Waals surface area contributed by atoms with Gasteiger partial charge in [0.2, 0.25) is 6.29 Å². The van der Waals surface area contributed by atoms with Crippen LogP contribution in [-0.4, -0.2) is 113 Å². The largest absolute Gasteiger partial charge is 0.463 e. The lowest BCUT2D eigenvalue weighted by Crippen LogP contribution is -2.72. The van der Waals surface area contributed by atoms with Crippen molar-refractivity contribution in [1.29, 1.82) is 0 Å². The lowest BCUT2D eigenvalue weighted by molar-refractivity contribution is -0.385. The van der Waals surface area contributed by atoms with Crippen molar-refractivity contribution >= 4 is 32.0 Å². The van der Waals surface area contributed by atoms with Gasteiger partial charge in [-0.1, -0.05) is 117 Å². The third-order valence-corrected chi connectivity index (χ3v) is 10.7. The first-order valence-electron chi connectivity index (χ1n) is 20.7. The minimum absolute atomic E-state index is 0.0447. The third kappa shape index (κ3) is 14.3. The first-order chi connectivity index (χ1) is 30.1. The van der Waals surface area contributed by atoms with Crippen molar-refractivity contribution in [1.82, 2.24) is 0 Å². The van der Waals surface area contributed by atoms with Crippen LogP contribution in [-0.2, 0) is 91.1 Å². The summed E-state index contributed by atoms with van der Waals surface area (Å²) in [6.07, 6.45) is -12.0. The number of hydrogen-bond acceptors (Lipinski definition) is 15. The van der Waals surface area contributed by atoms with Crippen LogP contribution in [0.25, 0.3) is 0 Å². The summed E-state index contributed by atoms with van der Waals surface area (Å²) in [4.78, 5) is 50.5. The third-order valence-electron chi connectivity index (χ3n) is 9.83. The first-order valence-corrected chi connectivity index (χ1v) is 24.2. The van der Waals surface area contributed by atoms with Gasteiger partial charge >= 0.3 is 23.9 Å². The summed E-state index contributed by atoms with van der Waals surface area (Å²) < 4.78 is 69.4. The fourth-order valence-corrected chi connectivity index (χ4v) is 7.69. The minimum Gasteiger partial charge on any atom is -0.463 e. The van der Waals surface area contributed by atoms with Crippen LogP contribution in [0.5, 0.6) is 0 Å². The molecule has 0 aliphatic carbocycles. The van der Waals surface area contributed by atoms with Gasteiger partial charge < -0.3 is 52.1 Å². The maximum Gasteiger partial charge on any atom is 0.303 e. The molecule has 5 rings (SSSR count). The van der Waals surface area contributed by atoms with E-state index in [1.165, 1.54) is 14.0 Å². The molecule has 2 fully saturated rings. The molecule has 0 bridgehead atoms. The van der Waals surface area contributed by atoms with Crippen LogP contribution in [0, 0.1) is 11.5 Å². The second kappa shape index (κ2) is 23.1. The topological polar surface area (TPSA) is 170 Å². The van der Waals surface area contributed by atoms with E-state index >= 15 is 0 Å². The van der Waals surface area contributed by atoms with Crippen LogP contribution in [0.3, 0.4) is 0 Å². The Bertz CT molecular complexity index is 2000. The standard InChI is InChI=1S/C47H58O15Si/c1-31(48)54-29-38-40(57-32(2)49)41(58-33(3)50)42(59-34(4)51)46(60-38)62-47(24-25-63(6,7)8)39(30-53-26-35-18-12-9-13-19-35)61-45(52-5)43(55-27-36-20-14-10-15-21-36)44(47)56-28-37-22-16-11-17-23-37/h9-23,38-46H,26-30H2,1-8H3/t38?,39?,40-,41?,42?,43?,44?,45+,46+,47+/m1/s1. The zero-order valence-corrected chi connectivity index (χ0v) is 38.0. The van der Waals surface area contributed by atoms with Crippen LogP contribution in [0.4, 0.5) is 0 Å². The number of methoxy groups -OCH3 is 1. The molecule has 15 nitrogen and oxygen atoms in total. The number of esters is 4. The van der Waals surface area contributed by atoms with Crippen molar-refractivity contribution in [2.24, 2.45) is 0 Å². The fourth-order valence-electron chi connectivity index (χ4n) is 7.12. The summed E-state index contributed by atoms with van der Waals surface area (Å²) in [5, 5.41) is 0. The van der Waals surface area contributed by atoms with Crippen LogP contribution in [0.1, 0.15) is 44.4 Å². The molecule has 2 heterocycles. The predicted molar refractivity (Wildman–Crippen MR) is 229 cm³/mol. The molecule has 0 amide bonds. The second-order valence-electron chi connectivity index (χ2n) is 16.2. The summed E-state index contributed by atoms with van der Waals surface area (Å²) in [6.45, 7) is 10.5. The Morgan fingerprint density at radius 2 is 1.11 bits per heavy atom. The van der Waals surface area contributed by atoms with Gasteiger partial charge in [0.15, 0.2) is 30.2 Å². The number of carbonyl (C=O) groups excluding carboxylic acids is 4. The number of ether oxygens (including phenoxy) is 11. The highest BCUT2D eigenvalue weighted by Gasteiger charge is 2.63. The summed E-state index contributed by atoms with van der Waals surface area (Å²) in [7, 11) is -0.838. The number of rotatable bonds is 18. The molecule has 6 unspecified atom stereocenters. The number of hydrogen-bond donors (Lipinski definition) is 0. The van der Waals surface area contributed by atoms with Gasteiger partial charge in [0.1, 0.15) is 39.1 Å². The van der Waals surface area contributed by atoms with Crippen LogP contribution in [0.2, 0.25) is 19.6 Å². The van der Waals surface area contributed by atoms with E-state index in [0.717, 1.165) is 37.5 Å². The highest BCUT2D eigenvalue weighted by molar-refractivity contribution is 6.83. The molecule has 0 aromatic heterocycles. The molecule has 2 aliphatic heterocycles. The van der Waals surface area contributed by atoms with Gasteiger partial charge in [-0.2, -0.15) is 0 Å². The van der Waals surface area contributed by atoms with Gasteiger partial charge in [0, 0.05) is 34.8 Å². The summed E-state index contributed by atoms with van der Waals surface area (Å²) in [5.41, 5.74) is 4.09.